The minimum Gasteiger partial charge on any atom is -0.443 e. The Kier molecular flexibility index (Phi) is 9.56. The van der Waals surface area contributed by atoms with Gasteiger partial charge in [-0.05, 0) is 22.6 Å². The summed E-state index contributed by atoms with van der Waals surface area (Å²) in [5.74, 6) is -4.41. The summed E-state index contributed by atoms with van der Waals surface area (Å²) in [5.41, 5.74) is -0.0373. The number of ketones is 1. The van der Waals surface area contributed by atoms with Crippen molar-refractivity contribution >= 4 is 92.3 Å². The maximum Gasteiger partial charge on any atom is 0.434 e. The van der Waals surface area contributed by atoms with Crippen LogP contribution in [-0.2, 0) is 17.1 Å². The van der Waals surface area contributed by atoms with E-state index >= 15 is 0 Å². The molecule has 0 aromatic carbocycles. The van der Waals surface area contributed by atoms with Gasteiger partial charge < -0.3 is 4.74 Å². The zero-order valence-electron chi connectivity index (χ0n) is 16.3. The molecule has 1 aromatic rings. The minimum absolute atomic E-state index is 0.0373. The fraction of sp³-hybridized carbons (Fsp3) is 0.438. The lowest BCUT2D eigenvalue weighted by Gasteiger charge is -2.23. The number of nitrogens with zero attached hydrogens (tertiary/aromatic N) is 3. The summed E-state index contributed by atoms with van der Waals surface area (Å²) < 4.78 is 74.2. The molecule has 19 heteroatoms. The SMILES string of the molecule is O=C(CC[SH]1C=CC(C(=O)c2nc(C(Cl)(Cl)Cl)nc(C(Cl)(Cl)Cl)n2)=C1)OC(C(F)(F)F)C(F)(F)F. The molecular formula is C16H9Cl6F6N3O3S. The van der Waals surface area contributed by atoms with Gasteiger partial charge in [0.15, 0.2) is 11.6 Å². The molecule has 1 atom stereocenters. The minimum atomic E-state index is -5.83. The average molecular weight is 650 g/mol. The number of alkyl halides is 12. The van der Waals surface area contributed by atoms with Crippen molar-refractivity contribution in [1.82, 2.24) is 15.0 Å². The van der Waals surface area contributed by atoms with E-state index in [0.29, 0.717) is 0 Å². The number of carbonyl (C=O) groups excluding carboxylic acids is 2. The fourth-order valence-electron chi connectivity index (χ4n) is 2.30. The average Bonchev–Trinajstić information content (AvgIpc) is 3.15. The highest BCUT2D eigenvalue weighted by Crippen LogP contribution is 2.42. The Morgan fingerprint density at radius 1 is 0.886 bits per heavy atom. The van der Waals surface area contributed by atoms with E-state index < -0.39 is 72.6 Å². The lowest BCUT2D eigenvalue weighted by Crippen LogP contribution is -2.45. The second-order valence-corrected chi connectivity index (χ2v) is 13.1. The fourth-order valence-corrected chi connectivity index (χ4v) is 4.53. The van der Waals surface area contributed by atoms with Crippen molar-refractivity contribution in [3.05, 3.63) is 39.9 Å². The van der Waals surface area contributed by atoms with Crippen molar-refractivity contribution in [3.8, 4) is 0 Å². The molecular weight excluding hydrogens is 641 g/mol. The molecule has 1 aliphatic heterocycles. The lowest BCUT2D eigenvalue weighted by atomic mass is 10.2. The third-order valence-electron chi connectivity index (χ3n) is 3.78. The van der Waals surface area contributed by atoms with Crippen LogP contribution < -0.4 is 0 Å². The van der Waals surface area contributed by atoms with Crippen molar-refractivity contribution in [1.29, 1.82) is 0 Å². The summed E-state index contributed by atoms with van der Waals surface area (Å²) in [6.45, 7) is 0. The summed E-state index contributed by atoms with van der Waals surface area (Å²) in [6.07, 6.45) is -15.4. The monoisotopic (exact) mass is 647 g/mol. The van der Waals surface area contributed by atoms with Crippen molar-refractivity contribution in [2.24, 2.45) is 0 Å². The Morgan fingerprint density at radius 3 is 1.80 bits per heavy atom. The quantitative estimate of drug-likeness (QED) is 0.124. The van der Waals surface area contributed by atoms with E-state index in [9.17, 15) is 35.9 Å². The van der Waals surface area contributed by atoms with Gasteiger partial charge in [0.1, 0.15) is 0 Å². The van der Waals surface area contributed by atoms with Crippen LogP contribution in [0.5, 0.6) is 0 Å². The number of thiol groups is 1. The highest BCUT2D eigenvalue weighted by Gasteiger charge is 2.59. The molecule has 1 unspecified atom stereocenters. The summed E-state index contributed by atoms with van der Waals surface area (Å²) in [5, 5.41) is 2.75. The molecule has 0 radical (unpaired) electrons. The maximum atomic E-state index is 12.8. The third kappa shape index (κ3) is 8.68. The predicted molar refractivity (Wildman–Crippen MR) is 120 cm³/mol. The van der Waals surface area contributed by atoms with Crippen molar-refractivity contribution in [2.45, 2.75) is 32.5 Å². The van der Waals surface area contributed by atoms with E-state index in [1.807, 2.05) is 0 Å². The molecule has 0 aliphatic carbocycles. The van der Waals surface area contributed by atoms with Crippen molar-refractivity contribution < 1.29 is 40.7 Å². The van der Waals surface area contributed by atoms with E-state index in [-0.39, 0.29) is 11.3 Å². The first-order chi connectivity index (χ1) is 15.7. The van der Waals surface area contributed by atoms with Gasteiger partial charge in [-0.1, -0.05) is 69.6 Å². The molecule has 2 heterocycles. The van der Waals surface area contributed by atoms with Gasteiger partial charge in [0.2, 0.25) is 19.2 Å². The van der Waals surface area contributed by atoms with Crippen molar-refractivity contribution in [3.63, 3.8) is 0 Å². The van der Waals surface area contributed by atoms with Crippen LogP contribution in [0.3, 0.4) is 0 Å². The number of hydrogen-bond donors (Lipinski definition) is 1. The first kappa shape index (κ1) is 30.5. The van der Waals surface area contributed by atoms with Crippen molar-refractivity contribution in [2.75, 3.05) is 5.75 Å². The van der Waals surface area contributed by atoms with Crippen LogP contribution in [0.25, 0.3) is 0 Å². The predicted octanol–water partition coefficient (Wildman–Crippen LogP) is 6.55. The molecule has 0 fully saturated rings. The van der Waals surface area contributed by atoms with Gasteiger partial charge in [0.25, 0.3) is 6.10 Å². The number of esters is 1. The molecule has 0 amide bonds. The molecule has 0 N–H and O–H groups in total. The molecule has 0 spiro atoms. The second-order valence-electron chi connectivity index (χ2n) is 6.47. The summed E-state index contributed by atoms with van der Waals surface area (Å²) in [6, 6.07) is 0. The highest BCUT2D eigenvalue weighted by atomic mass is 35.6. The van der Waals surface area contributed by atoms with Gasteiger partial charge >= 0.3 is 18.3 Å². The molecule has 0 saturated carbocycles. The van der Waals surface area contributed by atoms with Gasteiger partial charge in [-0.15, -0.1) is 0 Å². The van der Waals surface area contributed by atoms with Gasteiger partial charge in [0, 0.05) is 5.57 Å². The van der Waals surface area contributed by atoms with E-state index in [2.05, 4.69) is 19.7 Å². The van der Waals surface area contributed by atoms with Crippen LogP contribution in [0.2, 0.25) is 0 Å². The van der Waals surface area contributed by atoms with E-state index in [1.54, 1.807) is 0 Å². The standard InChI is InChI=1S/C16H9Cl6F6N3O3S/c17-13(18,19)11-29-9(30-12(31-11)14(20,21)22)8(33)6-1-3-35(5-6)4-2-7(32)34-10(15(23,24)25)16(26,27)28/h1,3,5,10,35H,2,4H2. The number of Topliss-reactive ketones (excluding diaryl/α,β-unsaturated/α-hetero) is 1. The number of hydrogen-bond acceptors (Lipinski definition) is 6. The van der Waals surface area contributed by atoms with Crippen LogP contribution in [0.4, 0.5) is 26.3 Å². The number of carbonyl (C=O) groups is 2. The van der Waals surface area contributed by atoms with Crippen LogP contribution >= 0.6 is 80.5 Å². The van der Waals surface area contributed by atoms with E-state index in [1.165, 1.54) is 16.9 Å². The Hall–Kier alpha value is -0.700. The van der Waals surface area contributed by atoms with Gasteiger partial charge in [-0.3, -0.25) is 9.59 Å². The second kappa shape index (κ2) is 11.0. The van der Waals surface area contributed by atoms with Gasteiger partial charge in [0.05, 0.1) is 6.42 Å². The van der Waals surface area contributed by atoms with Gasteiger partial charge in [-0.2, -0.15) is 26.3 Å². The molecule has 1 aliphatic rings. The zero-order valence-corrected chi connectivity index (χ0v) is 21.7. The Labute approximate surface area is 225 Å². The van der Waals surface area contributed by atoms with E-state index in [4.69, 9.17) is 69.6 Å². The number of rotatable bonds is 6. The third-order valence-corrected chi connectivity index (χ3v) is 6.67. The summed E-state index contributed by atoms with van der Waals surface area (Å²) >= 11 is 34.4. The first-order valence-corrected chi connectivity index (χ1v) is 12.6. The maximum absolute atomic E-state index is 12.8. The Morgan fingerprint density at radius 2 is 1.37 bits per heavy atom. The number of ether oxygens (including phenoxy) is 1. The largest absolute Gasteiger partial charge is 0.443 e. The Bertz CT molecular complexity index is 1010. The smallest absolute Gasteiger partial charge is 0.434 e. The van der Waals surface area contributed by atoms with Crippen LogP contribution in [0.15, 0.2) is 22.5 Å². The normalized spacial score (nSPS) is 18.1. The topological polar surface area (TPSA) is 82.0 Å². The van der Waals surface area contributed by atoms with Crippen LogP contribution in [0.1, 0.15) is 28.7 Å². The lowest BCUT2D eigenvalue weighted by molar-refractivity contribution is -0.313. The summed E-state index contributed by atoms with van der Waals surface area (Å²) in [7, 11) is -1.44. The molecule has 2 rings (SSSR count). The highest BCUT2D eigenvalue weighted by molar-refractivity contribution is 8.22. The summed E-state index contributed by atoms with van der Waals surface area (Å²) in [4.78, 5) is 35.6. The molecule has 0 saturated heterocycles. The molecule has 6 nitrogen and oxygen atoms in total. The molecule has 0 bridgehead atoms. The zero-order chi connectivity index (χ0) is 27.0. The van der Waals surface area contributed by atoms with Crippen LogP contribution in [0, 0.1) is 0 Å². The molecule has 35 heavy (non-hydrogen) atoms. The van der Waals surface area contributed by atoms with E-state index in [0.717, 1.165) is 0 Å². The Balaban J connectivity index is 2.15. The number of allylic oxidation sites excluding steroid dienone is 2. The number of aromatic nitrogens is 3. The number of halogens is 12. The first-order valence-electron chi connectivity index (χ1n) is 8.63. The molecule has 196 valence electrons. The van der Waals surface area contributed by atoms with Crippen LogP contribution in [-0.4, -0.2) is 50.9 Å². The molecule has 1 aromatic heterocycles. The van der Waals surface area contributed by atoms with Gasteiger partial charge in [-0.25, -0.2) is 25.8 Å².